The van der Waals surface area contributed by atoms with Crippen LogP contribution in [0.4, 0.5) is 0 Å². The molecule has 1 amide bonds. The Balaban J connectivity index is 2.57. The number of hydrogen-bond donors (Lipinski definition) is 2. The fraction of sp³-hybridized carbons (Fsp3) is 0.588. The number of carbonyl (C=O) groups excluding carboxylic acids is 1. The molecule has 3 heteroatoms. The Morgan fingerprint density at radius 3 is 2.35 bits per heavy atom. The largest absolute Gasteiger partial charge is 0.396 e. The van der Waals surface area contributed by atoms with Gasteiger partial charge in [0.2, 0.25) is 5.91 Å². The lowest BCUT2D eigenvalue weighted by Crippen LogP contribution is -2.39. The fourth-order valence-corrected chi connectivity index (χ4v) is 2.23. The standard InChI is InChI=1S/C17H27NO2/c1-5-17(6-2,12-19)11-18-16(20)10-15-8-7-13(3)14(4)9-15/h7-9,19H,5-6,10-12H2,1-4H3,(H,18,20). The highest BCUT2D eigenvalue weighted by molar-refractivity contribution is 5.78. The number of aliphatic hydroxyl groups is 1. The molecule has 1 rings (SSSR count). The first-order chi connectivity index (χ1) is 9.46. The maximum absolute atomic E-state index is 12.0. The highest BCUT2D eigenvalue weighted by Gasteiger charge is 2.25. The highest BCUT2D eigenvalue weighted by Crippen LogP contribution is 2.24. The van der Waals surface area contributed by atoms with Gasteiger partial charge in [0, 0.05) is 12.0 Å². The average Bonchev–Trinajstić information content (AvgIpc) is 2.45. The molecule has 1 aromatic carbocycles. The quantitative estimate of drug-likeness (QED) is 0.805. The minimum atomic E-state index is -0.182. The summed E-state index contributed by atoms with van der Waals surface area (Å²) >= 11 is 0. The third kappa shape index (κ3) is 4.34. The zero-order valence-electron chi connectivity index (χ0n) is 13.1. The number of aliphatic hydroxyl groups excluding tert-OH is 1. The number of rotatable bonds is 7. The molecule has 0 saturated heterocycles. The Morgan fingerprint density at radius 2 is 1.85 bits per heavy atom. The van der Waals surface area contributed by atoms with Crippen molar-refractivity contribution in [2.75, 3.05) is 13.2 Å². The molecule has 0 spiro atoms. The van der Waals surface area contributed by atoms with Crippen molar-refractivity contribution in [3.63, 3.8) is 0 Å². The van der Waals surface area contributed by atoms with Crippen LogP contribution in [-0.4, -0.2) is 24.2 Å². The van der Waals surface area contributed by atoms with Gasteiger partial charge in [0.1, 0.15) is 0 Å². The summed E-state index contributed by atoms with van der Waals surface area (Å²) in [7, 11) is 0. The smallest absolute Gasteiger partial charge is 0.224 e. The normalized spacial score (nSPS) is 11.4. The van der Waals surface area contributed by atoms with Gasteiger partial charge >= 0.3 is 0 Å². The molecule has 0 bridgehead atoms. The lowest BCUT2D eigenvalue weighted by Gasteiger charge is -2.29. The maximum Gasteiger partial charge on any atom is 0.224 e. The first kappa shape index (κ1) is 16.7. The summed E-state index contributed by atoms with van der Waals surface area (Å²) in [6.45, 7) is 8.88. The van der Waals surface area contributed by atoms with E-state index in [0.29, 0.717) is 13.0 Å². The van der Waals surface area contributed by atoms with Crippen molar-refractivity contribution in [2.24, 2.45) is 5.41 Å². The van der Waals surface area contributed by atoms with Gasteiger partial charge in [0.15, 0.2) is 0 Å². The summed E-state index contributed by atoms with van der Waals surface area (Å²) in [5.74, 6) is 0.0213. The van der Waals surface area contributed by atoms with E-state index in [1.165, 1.54) is 11.1 Å². The van der Waals surface area contributed by atoms with E-state index in [-0.39, 0.29) is 17.9 Å². The van der Waals surface area contributed by atoms with Crippen molar-refractivity contribution in [1.29, 1.82) is 0 Å². The lowest BCUT2D eigenvalue weighted by atomic mass is 9.83. The van der Waals surface area contributed by atoms with Crippen LogP contribution in [0, 0.1) is 19.3 Å². The Bertz CT molecular complexity index is 442. The van der Waals surface area contributed by atoms with Gasteiger partial charge in [0.05, 0.1) is 13.0 Å². The second-order valence-electron chi connectivity index (χ2n) is 5.74. The van der Waals surface area contributed by atoms with Crippen LogP contribution in [0.1, 0.15) is 43.4 Å². The number of benzene rings is 1. The molecule has 0 aliphatic rings. The molecule has 3 nitrogen and oxygen atoms in total. The zero-order chi connectivity index (χ0) is 15.2. The predicted octanol–water partition coefficient (Wildman–Crippen LogP) is 2.76. The second kappa shape index (κ2) is 7.44. The maximum atomic E-state index is 12.0. The Kier molecular flexibility index (Phi) is 6.21. The van der Waals surface area contributed by atoms with E-state index < -0.39 is 0 Å². The summed E-state index contributed by atoms with van der Waals surface area (Å²) in [4.78, 5) is 12.0. The van der Waals surface area contributed by atoms with Gasteiger partial charge in [-0.2, -0.15) is 0 Å². The average molecular weight is 277 g/mol. The Labute approximate surface area is 122 Å². The van der Waals surface area contributed by atoms with E-state index >= 15 is 0 Å². The van der Waals surface area contributed by atoms with Gasteiger partial charge in [-0.3, -0.25) is 4.79 Å². The summed E-state index contributed by atoms with van der Waals surface area (Å²) in [5.41, 5.74) is 3.31. The molecule has 0 aromatic heterocycles. The van der Waals surface area contributed by atoms with E-state index in [1.54, 1.807) is 0 Å². The van der Waals surface area contributed by atoms with Crippen molar-refractivity contribution in [2.45, 2.75) is 47.0 Å². The first-order valence-corrected chi connectivity index (χ1v) is 7.40. The van der Waals surface area contributed by atoms with Gasteiger partial charge in [-0.25, -0.2) is 0 Å². The van der Waals surface area contributed by atoms with Gasteiger partial charge in [0.25, 0.3) is 0 Å². The van der Waals surface area contributed by atoms with Gasteiger partial charge < -0.3 is 10.4 Å². The summed E-state index contributed by atoms with van der Waals surface area (Å²) in [6.07, 6.45) is 2.13. The van der Waals surface area contributed by atoms with E-state index in [0.717, 1.165) is 18.4 Å². The molecule has 20 heavy (non-hydrogen) atoms. The lowest BCUT2D eigenvalue weighted by molar-refractivity contribution is -0.121. The number of amides is 1. The molecule has 0 heterocycles. The van der Waals surface area contributed by atoms with Crippen LogP contribution >= 0.6 is 0 Å². The molecule has 0 unspecified atom stereocenters. The van der Waals surface area contributed by atoms with E-state index in [1.807, 2.05) is 12.1 Å². The molecule has 0 radical (unpaired) electrons. The minimum Gasteiger partial charge on any atom is -0.396 e. The van der Waals surface area contributed by atoms with E-state index in [9.17, 15) is 9.90 Å². The van der Waals surface area contributed by atoms with Gasteiger partial charge in [-0.05, 0) is 43.4 Å². The van der Waals surface area contributed by atoms with Crippen molar-refractivity contribution in [3.8, 4) is 0 Å². The van der Waals surface area contributed by atoms with Crippen LogP contribution in [-0.2, 0) is 11.2 Å². The molecule has 112 valence electrons. The molecule has 0 fully saturated rings. The molecule has 0 aliphatic heterocycles. The monoisotopic (exact) mass is 277 g/mol. The first-order valence-electron chi connectivity index (χ1n) is 7.40. The SMILES string of the molecule is CCC(CC)(CO)CNC(=O)Cc1ccc(C)c(C)c1. The van der Waals surface area contributed by atoms with Crippen molar-refractivity contribution in [3.05, 3.63) is 34.9 Å². The van der Waals surface area contributed by atoms with Crippen molar-refractivity contribution >= 4 is 5.91 Å². The summed E-state index contributed by atoms with van der Waals surface area (Å²) in [5, 5.41) is 12.5. The number of nitrogens with one attached hydrogen (secondary N) is 1. The zero-order valence-corrected chi connectivity index (χ0v) is 13.1. The Morgan fingerprint density at radius 1 is 1.20 bits per heavy atom. The van der Waals surface area contributed by atoms with Gasteiger partial charge in [-0.1, -0.05) is 32.0 Å². The molecular formula is C17H27NO2. The third-order valence-electron chi connectivity index (χ3n) is 4.43. The molecule has 0 atom stereocenters. The molecule has 0 aliphatic carbocycles. The number of hydrogen-bond acceptors (Lipinski definition) is 2. The van der Waals surface area contributed by atoms with Crippen molar-refractivity contribution in [1.82, 2.24) is 5.32 Å². The second-order valence-corrected chi connectivity index (χ2v) is 5.74. The minimum absolute atomic E-state index is 0.0213. The molecular weight excluding hydrogens is 250 g/mol. The third-order valence-corrected chi connectivity index (χ3v) is 4.43. The number of carbonyl (C=O) groups is 1. The van der Waals surface area contributed by atoms with Crippen LogP contribution < -0.4 is 5.32 Å². The molecule has 2 N–H and O–H groups in total. The van der Waals surface area contributed by atoms with E-state index in [4.69, 9.17) is 0 Å². The van der Waals surface area contributed by atoms with Crippen LogP contribution in [0.5, 0.6) is 0 Å². The summed E-state index contributed by atoms with van der Waals surface area (Å²) < 4.78 is 0. The molecule has 0 saturated carbocycles. The van der Waals surface area contributed by atoms with E-state index in [2.05, 4.69) is 39.1 Å². The topological polar surface area (TPSA) is 49.3 Å². The molecule has 1 aromatic rings. The van der Waals surface area contributed by atoms with Gasteiger partial charge in [-0.15, -0.1) is 0 Å². The van der Waals surface area contributed by atoms with Crippen LogP contribution in [0.2, 0.25) is 0 Å². The van der Waals surface area contributed by atoms with Crippen LogP contribution in [0.15, 0.2) is 18.2 Å². The predicted molar refractivity (Wildman–Crippen MR) is 82.7 cm³/mol. The fourth-order valence-electron chi connectivity index (χ4n) is 2.23. The number of aryl methyl sites for hydroxylation is 2. The van der Waals surface area contributed by atoms with Crippen LogP contribution in [0.25, 0.3) is 0 Å². The summed E-state index contributed by atoms with van der Waals surface area (Å²) in [6, 6.07) is 6.11. The highest BCUT2D eigenvalue weighted by atomic mass is 16.3. The van der Waals surface area contributed by atoms with Crippen LogP contribution in [0.3, 0.4) is 0 Å². The Hall–Kier alpha value is -1.35. The van der Waals surface area contributed by atoms with Crippen molar-refractivity contribution < 1.29 is 9.90 Å².